The number of rotatable bonds is 3. The second kappa shape index (κ2) is 10.9. The maximum Gasteiger partial charge on any atom is 0.136 e. The third kappa shape index (κ3) is 4.22. The smallest absolute Gasteiger partial charge is 0.136 e. The summed E-state index contributed by atoms with van der Waals surface area (Å²) in [6, 6.07) is 66.4. The molecule has 1 heterocycles. The molecule has 0 saturated heterocycles. The van der Waals surface area contributed by atoms with E-state index >= 15 is 0 Å². The van der Waals surface area contributed by atoms with Gasteiger partial charge >= 0.3 is 0 Å². The molecule has 10 aromatic carbocycles. The molecule has 236 valence electrons. The van der Waals surface area contributed by atoms with Crippen molar-refractivity contribution < 1.29 is 4.42 Å². The zero-order valence-corrected chi connectivity index (χ0v) is 27.7. The Morgan fingerprint density at radius 2 is 0.882 bits per heavy atom. The fourth-order valence-electron chi connectivity index (χ4n) is 8.55. The van der Waals surface area contributed by atoms with Gasteiger partial charge in [0.1, 0.15) is 11.2 Å². The van der Waals surface area contributed by atoms with E-state index in [1.165, 1.54) is 87.2 Å². The molecule has 0 N–H and O–H groups in total. The van der Waals surface area contributed by atoms with E-state index in [9.17, 15) is 0 Å². The van der Waals surface area contributed by atoms with Gasteiger partial charge in [-0.25, -0.2) is 0 Å². The largest absolute Gasteiger partial charge is 0.456 e. The van der Waals surface area contributed by atoms with Crippen LogP contribution in [0.3, 0.4) is 0 Å². The highest BCUT2D eigenvalue weighted by molar-refractivity contribution is 6.29. The lowest BCUT2D eigenvalue weighted by Crippen LogP contribution is -1.93. The van der Waals surface area contributed by atoms with Crippen LogP contribution in [0.25, 0.3) is 109 Å². The van der Waals surface area contributed by atoms with Crippen molar-refractivity contribution in [3.8, 4) is 33.4 Å². The van der Waals surface area contributed by atoms with E-state index < -0.39 is 0 Å². The number of furan rings is 1. The van der Waals surface area contributed by atoms with Crippen molar-refractivity contribution in [1.29, 1.82) is 0 Å². The van der Waals surface area contributed by atoms with Crippen LogP contribution in [-0.4, -0.2) is 0 Å². The molecule has 0 aliphatic rings. The fourth-order valence-corrected chi connectivity index (χ4v) is 8.55. The van der Waals surface area contributed by atoms with Gasteiger partial charge in [-0.15, -0.1) is 0 Å². The van der Waals surface area contributed by atoms with E-state index in [2.05, 4.69) is 182 Å². The summed E-state index contributed by atoms with van der Waals surface area (Å²) in [5.74, 6) is 0. The average molecular weight is 647 g/mol. The van der Waals surface area contributed by atoms with Crippen LogP contribution in [-0.2, 0) is 0 Å². The molecule has 11 rings (SSSR count). The lowest BCUT2D eigenvalue weighted by atomic mass is 9.82. The minimum Gasteiger partial charge on any atom is -0.456 e. The average Bonchev–Trinajstić information content (AvgIpc) is 3.56. The van der Waals surface area contributed by atoms with Gasteiger partial charge in [0, 0.05) is 10.8 Å². The van der Waals surface area contributed by atoms with Gasteiger partial charge in [0.15, 0.2) is 0 Å². The minimum absolute atomic E-state index is 0.903. The third-order valence-corrected chi connectivity index (χ3v) is 10.8. The zero-order chi connectivity index (χ0) is 33.5. The highest BCUT2D eigenvalue weighted by atomic mass is 16.3. The van der Waals surface area contributed by atoms with Gasteiger partial charge in [0.05, 0.1) is 0 Å². The van der Waals surface area contributed by atoms with Crippen molar-refractivity contribution in [1.82, 2.24) is 0 Å². The lowest BCUT2D eigenvalue weighted by molar-refractivity contribution is 0.669. The van der Waals surface area contributed by atoms with Crippen LogP contribution in [0.1, 0.15) is 0 Å². The first kappa shape index (κ1) is 28.2. The number of benzene rings is 10. The SMILES string of the molecule is c1ccc(-c2ccc3c(-c4cccc5oc6cc7ccccc7cc6c45)c4ccccc4c(-c4cc5ccccc5c5ccccc45)c3c2)cc1. The maximum atomic E-state index is 6.61. The normalized spacial score (nSPS) is 11.9. The van der Waals surface area contributed by atoms with Crippen LogP contribution in [0.2, 0.25) is 0 Å². The molecule has 11 aromatic rings. The standard InChI is InChI=1S/C50H30O/c1-2-13-31(14-3-1)34-25-26-41-44(27-34)49(43-29-35-17-6-7-18-36(35)37-19-8-9-20-38(37)43)40-22-11-10-21-39(40)48(41)42-23-12-24-46-50(42)45-28-32-15-4-5-16-33(32)30-47(45)51-46/h1-30H. The van der Waals surface area contributed by atoms with Gasteiger partial charge < -0.3 is 4.42 Å². The van der Waals surface area contributed by atoms with E-state index in [1.54, 1.807) is 0 Å². The van der Waals surface area contributed by atoms with E-state index in [0.29, 0.717) is 0 Å². The van der Waals surface area contributed by atoms with Crippen molar-refractivity contribution in [2.75, 3.05) is 0 Å². The molecule has 0 radical (unpaired) electrons. The van der Waals surface area contributed by atoms with Crippen LogP contribution in [0.4, 0.5) is 0 Å². The molecule has 1 aromatic heterocycles. The predicted molar refractivity (Wildman–Crippen MR) is 218 cm³/mol. The Kier molecular flexibility index (Phi) is 6.02. The first-order valence-electron chi connectivity index (χ1n) is 17.6. The Morgan fingerprint density at radius 3 is 1.67 bits per heavy atom. The molecule has 0 amide bonds. The molecular weight excluding hydrogens is 617 g/mol. The van der Waals surface area contributed by atoms with E-state index in [4.69, 9.17) is 4.42 Å². The Bertz CT molecular complexity index is 3180. The second-order valence-electron chi connectivity index (χ2n) is 13.6. The van der Waals surface area contributed by atoms with Crippen molar-refractivity contribution in [3.05, 3.63) is 182 Å². The molecule has 0 aliphatic heterocycles. The van der Waals surface area contributed by atoms with Crippen LogP contribution < -0.4 is 0 Å². The summed E-state index contributed by atoms with van der Waals surface area (Å²) in [5.41, 5.74) is 9.16. The Labute approximate surface area is 294 Å². The van der Waals surface area contributed by atoms with Crippen LogP contribution in [0, 0.1) is 0 Å². The van der Waals surface area contributed by atoms with Crippen molar-refractivity contribution in [3.63, 3.8) is 0 Å². The molecule has 0 unspecified atom stereocenters. The summed E-state index contributed by atoms with van der Waals surface area (Å²) in [7, 11) is 0. The summed E-state index contributed by atoms with van der Waals surface area (Å²) in [6.07, 6.45) is 0. The van der Waals surface area contributed by atoms with Crippen molar-refractivity contribution in [2.24, 2.45) is 0 Å². The second-order valence-corrected chi connectivity index (χ2v) is 13.6. The molecule has 1 heteroatoms. The Balaban J connectivity index is 1.33. The summed E-state index contributed by atoms with van der Waals surface area (Å²) < 4.78 is 6.61. The molecule has 0 spiro atoms. The van der Waals surface area contributed by atoms with Crippen LogP contribution in [0.5, 0.6) is 0 Å². The maximum absolute atomic E-state index is 6.61. The summed E-state index contributed by atoms with van der Waals surface area (Å²) in [5, 5.41) is 14.7. The molecule has 0 saturated carbocycles. The van der Waals surface area contributed by atoms with Crippen molar-refractivity contribution in [2.45, 2.75) is 0 Å². The monoisotopic (exact) mass is 646 g/mol. The highest BCUT2D eigenvalue weighted by Crippen LogP contribution is 2.49. The summed E-state index contributed by atoms with van der Waals surface area (Å²) in [6.45, 7) is 0. The quantitative estimate of drug-likeness (QED) is 0.138. The molecular formula is C50H30O. The Morgan fingerprint density at radius 1 is 0.275 bits per heavy atom. The van der Waals surface area contributed by atoms with Gasteiger partial charge in [-0.2, -0.15) is 0 Å². The number of hydrogen-bond acceptors (Lipinski definition) is 1. The molecule has 0 bridgehead atoms. The molecule has 51 heavy (non-hydrogen) atoms. The van der Waals surface area contributed by atoms with E-state index in [-0.39, 0.29) is 0 Å². The van der Waals surface area contributed by atoms with Crippen molar-refractivity contribution >= 4 is 75.8 Å². The molecule has 0 aliphatic carbocycles. The zero-order valence-electron chi connectivity index (χ0n) is 27.7. The fraction of sp³-hybridized carbons (Fsp3) is 0. The van der Waals surface area contributed by atoms with Gasteiger partial charge in [-0.05, 0) is 118 Å². The highest BCUT2D eigenvalue weighted by Gasteiger charge is 2.22. The number of hydrogen-bond donors (Lipinski definition) is 0. The molecule has 1 nitrogen and oxygen atoms in total. The lowest BCUT2D eigenvalue weighted by Gasteiger charge is -2.21. The number of fused-ring (bicyclic) bond motifs is 9. The minimum atomic E-state index is 0.903. The Hall–Kier alpha value is -6.70. The van der Waals surface area contributed by atoms with Crippen LogP contribution in [0.15, 0.2) is 186 Å². The third-order valence-electron chi connectivity index (χ3n) is 10.8. The van der Waals surface area contributed by atoms with Gasteiger partial charge in [-0.1, -0.05) is 152 Å². The van der Waals surface area contributed by atoms with E-state index in [0.717, 1.165) is 21.9 Å². The van der Waals surface area contributed by atoms with Gasteiger partial charge in [0.25, 0.3) is 0 Å². The van der Waals surface area contributed by atoms with E-state index in [1.807, 2.05) is 0 Å². The van der Waals surface area contributed by atoms with Gasteiger partial charge in [0.2, 0.25) is 0 Å². The van der Waals surface area contributed by atoms with Crippen LogP contribution >= 0.6 is 0 Å². The summed E-state index contributed by atoms with van der Waals surface area (Å²) in [4.78, 5) is 0. The van der Waals surface area contributed by atoms with Gasteiger partial charge in [-0.3, -0.25) is 0 Å². The topological polar surface area (TPSA) is 13.1 Å². The summed E-state index contributed by atoms with van der Waals surface area (Å²) >= 11 is 0. The molecule has 0 fully saturated rings. The molecule has 0 atom stereocenters. The predicted octanol–water partition coefficient (Wildman–Crippen LogP) is 14.4. The first-order valence-corrected chi connectivity index (χ1v) is 17.6. The first-order chi connectivity index (χ1) is 25.3.